The Balaban J connectivity index is 2.01. The topological polar surface area (TPSA) is 36.1 Å². The van der Waals surface area contributed by atoms with E-state index in [0.717, 1.165) is 34.7 Å². The van der Waals surface area contributed by atoms with Crippen LogP contribution in [0.5, 0.6) is 0 Å². The van der Waals surface area contributed by atoms with E-state index in [0.29, 0.717) is 0 Å². The SMILES string of the molecule is CC(=O)c1c(N(C)CC2CCC2)[nH]c2ccccc12. The number of fused-ring (bicyclic) bond motifs is 1. The molecule has 0 amide bonds. The molecule has 1 aliphatic carbocycles. The number of anilines is 1. The molecular formula is C16H20N2O. The third kappa shape index (κ3) is 2.14. The maximum absolute atomic E-state index is 12.0. The molecule has 100 valence electrons. The number of para-hydroxylation sites is 1. The quantitative estimate of drug-likeness (QED) is 0.848. The first-order valence-electron chi connectivity index (χ1n) is 6.99. The molecule has 3 heteroatoms. The second-order valence-corrected chi connectivity index (χ2v) is 5.63. The van der Waals surface area contributed by atoms with E-state index in [9.17, 15) is 4.79 Å². The maximum atomic E-state index is 12.0. The van der Waals surface area contributed by atoms with Gasteiger partial charge >= 0.3 is 0 Å². The summed E-state index contributed by atoms with van der Waals surface area (Å²) in [6, 6.07) is 8.03. The third-order valence-electron chi connectivity index (χ3n) is 4.18. The smallest absolute Gasteiger partial charge is 0.164 e. The maximum Gasteiger partial charge on any atom is 0.164 e. The largest absolute Gasteiger partial charge is 0.360 e. The van der Waals surface area contributed by atoms with E-state index in [1.807, 2.05) is 24.3 Å². The summed E-state index contributed by atoms with van der Waals surface area (Å²) in [5, 5.41) is 1.03. The number of nitrogens with zero attached hydrogens (tertiary/aromatic N) is 1. The van der Waals surface area contributed by atoms with E-state index in [2.05, 4.69) is 16.9 Å². The number of hydrogen-bond acceptors (Lipinski definition) is 2. The fourth-order valence-corrected chi connectivity index (χ4v) is 2.92. The van der Waals surface area contributed by atoms with Crippen molar-refractivity contribution in [2.45, 2.75) is 26.2 Å². The lowest BCUT2D eigenvalue weighted by atomic mass is 9.85. The van der Waals surface area contributed by atoms with Gasteiger partial charge in [-0.3, -0.25) is 4.79 Å². The zero-order valence-corrected chi connectivity index (χ0v) is 11.6. The van der Waals surface area contributed by atoms with Gasteiger partial charge in [0.05, 0.1) is 5.56 Å². The predicted octanol–water partition coefficient (Wildman–Crippen LogP) is 3.61. The summed E-state index contributed by atoms with van der Waals surface area (Å²) in [5.41, 5.74) is 1.88. The first-order chi connectivity index (χ1) is 9.16. The highest BCUT2D eigenvalue weighted by Gasteiger charge is 2.23. The molecule has 1 fully saturated rings. The number of benzene rings is 1. The van der Waals surface area contributed by atoms with Crippen molar-refractivity contribution >= 4 is 22.5 Å². The molecule has 3 nitrogen and oxygen atoms in total. The second-order valence-electron chi connectivity index (χ2n) is 5.63. The second kappa shape index (κ2) is 4.72. The van der Waals surface area contributed by atoms with Crippen LogP contribution < -0.4 is 4.90 Å². The van der Waals surface area contributed by atoms with Gasteiger partial charge in [0, 0.05) is 24.5 Å². The Morgan fingerprint density at radius 3 is 2.74 bits per heavy atom. The number of Topliss-reactive ketones (excluding diaryl/α,β-unsaturated/α-hetero) is 1. The molecule has 3 rings (SSSR count). The van der Waals surface area contributed by atoms with E-state index in [-0.39, 0.29) is 5.78 Å². The highest BCUT2D eigenvalue weighted by atomic mass is 16.1. The fraction of sp³-hybridized carbons (Fsp3) is 0.438. The Labute approximate surface area is 113 Å². The van der Waals surface area contributed by atoms with Crippen molar-refractivity contribution in [3.8, 4) is 0 Å². The molecule has 1 saturated carbocycles. The fourth-order valence-electron chi connectivity index (χ4n) is 2.92. The Morgan fingerprint density at radius 1 is 1.37 bits per heavy atom. The number of carbonyl (C=O) groups is 1. The Morgan fingerprint density at radius 2 is 2.11 bits per heavy atom. The van der Waals surface area contributed by atoms with Crippen LogP contribution in [0.15, 0.2) is 24.3 Å². The molecule has 2 aromatic rings. The standard InChI is InChI=1S/C16H20N2O/c1-11(19)15-13-8-3-4-9-14(13)17-16(15)18(2)10-12-6-5-7-12/h3-4,8-9,12,17H,5-7,10H2,1-2H3. The highest BCUT2D eigenvalue weighted by Crippen LogP contribution is 2.32. The summed E-state index contributed by atoms with van der Waals surface area (Å²) in [4.78, 5) is 17.6. The van der Waals surface area contributed by atoms with Gasteiger partial charge in [0.2, 0.25) is 0 Å². The summed E-state index contributed by atoms with van der Waals surface area (Å²) in [6.07, 6.45) is 3.99. The van der Waals surface area contributed by atoms with Crippen molar-refractivity contribution in [3.05, 3.63) is 29.8 Å². The van der Waals surface area contributed by atoms with E-state index in [4.69, 9.17) is 0 Å². The van der Waals surface area contributed by atoms with Crippen LogP contribution in [-0.4, -0.2) is 24.4 Å². The van der Waals surface area contributed by atoms with Crippen LogP contribution in [0.4, 0.5) is 5.82 Å². The molecule has 0 spiro atoms. The van der Waals surface area contributed by atoms with Crippen molar-refractivity contribution in [1.29, 1.82) is 0 Å². The zero-order valence-electron chi connectivity index (χ0n) is 11.6. The predicted molar refractivity (Wildman–Crippen MR) is 78.9 cm³/mol. The van der Waals surface area contributed by atoms with Crippen molar-refractivity contribution in [2.75, 3.05) is 18.5 Å². The molecule has 19 heavy (non-hydrogen) atoms. The summed E-state index contributed by atoms with van der Waals surface area (Å²) in [5.74, 6) is 1.89. The summed E-state index contributed by atoms with van der Waals surface area (Å²) < 4.78 is 0. The number of ketones is 1. The monoisotopic (exact) mass is 256 g/mol. The molecule has 1 heterocycles. The minimum Gasteiger partial charge on any atom is -0.360 e. The number of hydrogen-bond donors (Lipinski definition) is 1. The molecule has 0 bridgehead atoms. The van der Waals surface area contributed by atoms with Crippen LogP contribution in [0.3, 0.4) is 0 Å². The van der Waals surface area contributed by atoms with Crippen molar-refractivity contribution in [1.82, 2.24) is 4.98 Å². The van der Waals surface area contributed by atoms with Gasteiger partial charge in [0.15, 0.2) is 5.78 Å². The molecule has 0 atom stereocenters. The van der Waals surface area contributed by atoms with Gasteiger partial charge in [-0.2, -0.15) is 0 Å². The van der Waals surface area contributed by atoms with Gasteiger partial charge in [-0.15, -0.1) is 0 Å². The first kappa shape index (κ1) is 12.3. The van der Waals surface area contributed by atoms with Crippen molar-refractivity contribution in [3.63, 3.8) is 0 Å². The molecule has 0 radical (unpaired) electrons. The highest BCUT2D eigenvalue weighted by molar-refractivity contribution is 6.11. The Kier molecular flexibility index (Phi) is 3.05. The molecule has 0 aliphatic heterocycles. The number of H-pyrrole nitrogens is 1. The summed E-state index contributed by atoms with van der Waals surface area (Å²) in [7, 11) is 2.08. The van der Waals surface area contributed by atoms with Crippen LogP contribution in [0.1, 0.15) is 36.5 Å². The molecular weight excluding hydrogens is 236 g/mol. The van der Waals surface area contributed by atoms with Crippen LogP contribution in [0.25, 0.3) is 10.9 Å². The average Bonchev–Trinajstić information content (AvgIpc) is 2.72. The number of rotatable bonds is 4. The Hall–Kier alpha value is -1.77. The van der Waals surface area contributed by atoms with Crippen molar-refractivity contribution < 1.29 is 4.79 Å². The summed E-state index contributed by atoms with van der Waals surface area (Å²) >= 11 is 0. The third-order valence-corrected chi connectivity index (χ3v) is 4.18. The lowest BCUT2D eigenvalue weighted by molar-refractivity contribution is 0.101. The number of aromatic amines is 1. The molecule has 1 aliphatic rings. The van der Waals surface area contributed by atoms with E-state index < -0.39 is 0 Å². The number of aromatic nitrogens is 1. The van der Waals surface area contributed by atoms with Gasteiger partial charge in [-0.25, -0.2) is 0 Å². The van der Waals surface area contributed by atoms with Gasteiger partial charge < -0.3 is 9.88 Å². The molecule has 0 unspecified atom stereocenters. The minimum absolute atomic E-state index is 0.132. The average molecular weight is 256 g/mol. The molecule has 1 N–H and O–H groups in total. The normalized spacial score (nSPS) is 15.5. The van der Waals surface area contributed by atoms with Gasteiger partial charge in [0.25, 0.3) is 0 Å². The first-order valence-corrected chi connectivity index (χ1v) is 6.99. The Bertz CT molecular complexity index is 610. The van der Waals surface area contributed by atoms with Gasteiger partial charge in [-0.1, -0.05) is 24.6 Å². The van der Waals surface area contributed by atoms with E-state index in [1.54, 1.807) is 6.92 Å². The van der Waals surface area contributed by atoms with Crippen LogP contribution >= 0.6 is 0 Å². The van der Waals surface area contributed by atoms with Gasteiger partial charge in [-0.05, 0) is 31.7 Å². The lowest BCUT2D eigenvalue weighted by Gasteiger charge is -2.31. The lowest BCUT2D eigenvalue weighted by Crippen LogP contribution is -2.30. The van der Waals surface area contributed by atoms with E-state index >= 15 is 0 Å². The summed E-state index contributed by atoms with van der Waals surface area (Å²) in [6.45, 7) is 2.68. The zero-order chi connectivity index (χ0) is 13.4. The van der Waals surface area contributed by atoms with Crippen molar-refractivity contribution in [2.24, 2.45) is 5.92 Å². The number of nitrogens with one attached hydrogen (secondary N) is 1. The molecule has 0 saturated heterocycles. The van der Waals surface area contributed by atoms with Crippen LogP contribution in [0, 0.1) is 5.92 Å². The van der Waals surface area contributed by atoms with Crippen LogP contribution in [0.2, 0.25) is 0 Å². The van der Waals surface area contributed by atoms with Gasteiger partial charge in [0.1, 0.15) is 5.82 Å². The minimum atomic E-state index is 0.132. The van der Waals surface area contributed by atoms with E-state index in [1.165, 1.54) is 19.3 Å². The number of carbonyl (C=O) groups excluding carboxylic acids is 1. The molecule has 1 aromatic heterocycles. The van der Waals surface area contributed by atoms with Crippen LogP contribution in [-0.2, 0) is 0 Å². The molecule has 1 aromatic carbocycles.